The van der Waals surface area contributed by atoms with Crippen molar-refractivity contribution < 1.29 is 5.11 Å². The lowest BCUT2D eigenvalue weighted by atomic mass is 10.1. The topological polar surface area (TPSA) is 20.2 Å². The van der Waals surface area contributed by atoms with Crippen LogP contribution in [0.1, 0.15) is 17.5 Å². The van der Waals surface area contributed by atoms with E-state index >= 15 is 0 Å². The van der Waals surface area contributed by atoms with Crippen LogP contribution in [0.15, 0.2) is 66.7 Å². The fourth-order valence-electron chi connectivity index (χ4n) is 1.64. The molecule has 2 aromatic rings. The van der Waals surface area contributed by atoms with Gasteiger partial charge in [0, 0.05) is 12.0 Å². The first-order chi connectivity index (χ1) is 9.34. The van der Waals surface area contributed by atoms with Crippen LogP contribution in [-0.2, 0) is 0 Å². The Morgan fingerprint density at radius 3 is 2.26 bits per heavy atom. The molecular weight excluding hydrogens is 232 g/mol. The summed E-state index contributed by atoms with van der Waals surface area (Å²) in [6.07, 6.45) is 3.85. The highest BCUT2D eigenvalue weighted by Gasteiger charge is 1.94. The Balaban J connectivity index is 1.87. The van der Waals surface area contributed by atoms with Gasteiger partial charge >= 0.3 is 0 Å². The molecule has 0 radical (unpaired) electrons. The van der Waals surface area contributed by atoms with Crippen molar-refractivity contribution in [1.29, 1.82) is 0 Å². The number of hydrogen-bond acceptors (Lipinski definition) is 1. The summed E-state index contributed by atoms with van der Waals surface area (Å²) >= 11 is 0. The average Bonchev–Trinajstić information content (AvgIpc) is 2.47. The van der Waals surface area contributed by atoms with E-state index < -0.39 is 6.10 Å². The largest absolute Gasteiger partial charge is 0.380 e. The van der Waals surface area contributed by atoms with E-state index in [4.69, 9.17) is 0 Å². The summed E-state index contributed by atoms with van der Waals surface area (Å²) in [7, 11) is 0. The second-order valence-electron chi connectivity index (χ2n) is 4.20. The first kappa shape index (κ1) is 13.1. The van der Waals surface area contributed by atoms with Crippen molar-refractivity contribution in [3.63, 3.8) is 0 Å². The Morgan fingerprint density at radius 2 is 1.58 bits per heavy atom. The molecule has 94 valence electrons. The van der Waals surface area contributed by atoms with Crippen LogP contribution in [-0.4, -0.2) is 11.2 Å². The zero-order valence-electron chi connectivity index (χ0n) is 10.7. The maximum atomic E-state index is 9.76. The second-order valence-corrected chi connectivity index (χ2v) is 4.20. The average molecular weight is 248 g/mol. The van der Waals surface area contributed by atoms with Gasteiger partial charge in [-0.1, -0.05) is 72.5 Å². The molecule has 1 atom stereocenters. The molecule has 0 aromatic heterocycles. The van der Waals surface area contributed by atoms with Crippen LogP contribution in [0.5, 0.6) is 0 Å². The molecule has 0 bridgehead atoms. The van der Waals surface area contributed by atoms with Gasteiger partial charge in [0.1, 0.15) is 6.10 Å². The third kappa shape index (κ3) is 4.83. The number of aliphatic hydroxyl groups excluding tert-OH is 1. The van der Waals surface area contributed by atoms with Gasteiger partial charge in [-0.3, -0.25) is 0 Å². The van der Waals surface area contributed by atoms with Crippen molar-refractivity contribution >= 4 is 6.08 Å². The fourth-order valence-corrected chi connectivity index (χ4v) is 1.64. The van der Waals surface area contributed by atoms with E-state index in [1.54, 1.807) is 0 Å². The van der Waals surface area contributed by atoms with Gasteiger partial charge in [0.05, 0.1) is 0 Å². The van der Waals surface area contributed by atoms with E-state index in [-0.39, 0.29) is 0 Å². The number of rotatable bonds is 3. The molecule has 0 aliphatic carbocycles. The van der Waals surface area contributed by atoms with Gasteiger partial charge in [-0.05, 0) is 17.7 Å². The molecular formula is C18H16O. The van der Waals surface area contributed by atoms with E-state index in [0.717, 1.165) is 11.1 Å². The molecule has 1 nitrogen and oxygen atoms in total. The summed E-state index contributed by atoms with van der Waals surface area (Å²) in [6, 6.07) is 19.7. The minimum Gasteiger partial charge on any atom is -0.380 e. The van der Waals surface area contributed by atoms with Gasteiger partial charge in [0.2, 0.25) is 0 Å². The predicted octanol–water partition coefficient (Wildman–Crippen LogP) is 3.50. The Bertz CT molecular complexity index is 573. The Labute approximate surface area is 114 Å². The van der Waals surface area contributed by atoms with Crippen LogP contribution in [0.4, 0.5) is 0 Å². The zero-order chi connectivity index (χ0) is 13.3. The van der Waals surface area contributed by atoms with E-state index in [1.807, 2.05) is 72.8 Å². The van der Waals surface area contributed by atoms with Crippen molar-refractivity contribution in [1.82, 2.24) is 0 Å². The molecule has 2 aromatic carbocycles. The van der Waals surface area contributed by atoms with Crippen molar-refractivity contribution in [3.05, 3.63) is 77.9 Å². The summed E-state index contributed by atoms with van der Waals surface area (Å²) < 4.78 is 0. The minimum absolute atomic E-state index is 0.536. The summed E-state index contributed by atoms with van der Waals surface area (Å²) in [5.74, 6) is 5.80. The highest BCUT2D eigenvalue weighted by Crippen LogP contribution is 2.03. The molecule has 0 saturated carbocycles. The molecule has 1 N–H and O–H groups in total. The van der Waals surface area contributed by atoms with E-state index in [1.165, 1.54) is 0 Å². The van der Waals surface area contributed by atoms with Crippen molar-refractivity contribution in [2.75, 3.05) is 0 Å². The van der Waals surface area contributed by atoms with Crippen LogP contribution >= 0.6 is 0 Å². The zero-order valence-corrected chi connectivity index (χ0v) is 10.7. The van der Waals surface area contributed by atoms with Crippen LogP contribution < -0.4 is 0 Å². The molecule has 19 heavy (non-hydrogen) atoms. The maximum absolute atomic E-state index is 9.76. The lowest BCUT2D eigenvalue weighted by molar-refractivity contribution is 0.236. The first-order valence-corrected chi connectivity index (χ1v) is 6.31. The molecule has 2 rings (SSSR count). The quantitative estimate of drug-likeness (QED) is 0.824. The minimum atomic E-state index is -0.625. The summed E-state index contributed by atoms with van der Waals surface area (Å²) in [4.78, 5) is 0. The van der Waals surface area contributed by atoms with Crippen molar-refractivity contribution in [3.8, 4) is 11.8 Å². The maximum Gasteiger partial charge on any atom is 0.118 e. The molecule has 0 spiro atoms. The van der Waals surface area contributed by atoms with Crippen LogP contribution in [0, 0.1) is 11.8 Å². The van der Waals surface area contributed by atoms with Gasteiger partial charge in [0.15, 0.2) is 0 Å². The SMILES string of the molecule is O[C@H](C#Cc1ccccc1)C/C=C/c1ccccc1. The monoisotopic (exact) mass is 248 g/mol. The molecule has 0 saturated heterocycles. The normalized spacial score (nSPS) is 11.8. The molecule has 0 unspecified atom stereocenters. The van der Waals surface area contributed by atoms with Crippen molar-refractivity contribution in [2.45, 2.75) is 12.5 Å². The Morgan fingerprint density at radius 1 is 0.947 bits per heavy atom. The lowest BCUT2D eigenvalue weighted by Gasteiger charge is -1.97. The number of hydrogen-bond donors (Lipinski definition) is 1. The van der Waals surface area contributed by atoms with Gasteiger partial charge in [-0.15, -0.1) is 0 Å². The van der Waals surface area contributed by atoms with Gasteiger partial charge in [-0.25, -0.2) is 0 Å². The van der Waals surface area contributed by atoms with Crippen LogP contribution in [0.25, 0.3) is 6.08 Å². The molecule has 0 fully saturated rings. The highest BCUT2D eigenvalue weighted by atomic mass is 16.3. The summed E-state index contributed by atoms with van der Waals surface area (Å²) in [6.45, 7) is 0. The summed E-state index contributed by atoms with van der Waals surface area (Å²) in [5, 5.41) is 9.76. The third-order valence-corrected chi connectivity index (χ3v) is 2.63. The molecule has 0 heterocycles. The molecule has 0 amide bonds. The smallest absolute Gasteiger partial charge is 0.118 e. The molecule has 1 heteroatoms. The number of aliphatic hydroxyl groups is 1. The highest BCUT2D eigenvalue weighted by molar-refractivity contribution is 5.48. The summed E-state index contributed by atoms with van der Waals surface area (Å²) in [5.41, 5.74) is 2.05. The standard InChI is InChI=1S/C18H16O/c19-18(15-14-17-10-5-2-6-11-17)13-7-12-16-8-3-1-4-9-16/h1-12,18-19H,13H2/b12-7+/t18-/m0/s1. The molecule has 0 aliphatic heterocycles. The predicted molar refractivity (Wildman–Crippen MR) is 79.4 cm³/mol. The van der Waals surface area contributed by atoms with E-state index in [2.05, 4.69) is 11.8 Å². The van der Waals surface area contributed by atoms with Gasteiger partial charge < -0.3 is 5.11 Å². The van der Waals surface area contributed by atoms with Crippen molar-refractivity contribution in [2.24, 2.45) is 0 Å². The van der Waals surface area contributed by atoms with Gasteiger partial charge in [0.25, 0.3) is 0 Å². The van der Waals surface area contributed by atoms with Crippen LogP contribution in [0.3, 0.4) is 0 Å². The van der Waals surface area contributed by atoms with Gasteiger partial charge in [-0.2, -0.15) is 0 Å². The Hall–Kier alpha value is -2.30. The Kier molecular flexibility index (Phi) is 4.98. The van der Waals surface area contributed by atoms with Crippen LogP contribution in [0.2, 0.25) is 0 Å². The fraction of sp³-hybridized carbons (Fsp3) is 0.111. The number of benzene rings is 2. The lowest BCUT2D eigenvalue weighted by Crippen LogP contribution is -2.00. The van der Waals surface area contributed by atoms with E-state index in [0.29, 0.717) is 6.42 Å². The van der Waals surface area contributed by atoms with E-state index in [9.17, 15) is 5.11 Å². The molecule has 0 aliphatic rings. The first-order valence-electron chi connectivity index (χ1n) is 6.31. The third-order valence-electron chi connectivity index (χ3n) is 2.63. The second kappa shape index (κ2) is 7.20.